The molecule has 0 unspecified atom stereocenters. The van der Waals surface area contributed by atoms with Gasteiger partial charge in [0.2, 0.25) is 5.91 Å². The SMILES string of the molecule is CCCN(CCC)C(=O)Cn1c(C2CC2)nc2ccccc21. The lowest BCUT2D eigenvalue weighted by atomic mass is 10.3. The number of carbonyl (C=O) groups is 1. The monoisotopic (exact) mass is 299 g/mol. The molecule has 2 aromatic rings. The minimum atomic E-state index is 0.216. The van der Waals surface area contributed by atoms with Gasteiger partial charge in [-0.25, -0.2) is 4.98 Å². The number of carbonyl (C=O) groups excluding carboxylic acids is 1. The second-order valence-electron chi connectivity index (χ2n) is 6.20. The summed E-state index contributed by atoms with van der Waals surface area (Å²) in [5.41, 5.74) is 2.10. The largest absolute Gasteiger partial charge is 0.341 e. The number of imidazole rings is 1. The van der Waals surface area contributed by atoms with Crippen LogP contribution in [0.4, 0.5) is 0 Å². The Bertz CT molecular complexity index is 651. The molecule has 1 saturated carbocycles. The van der Waals surface area contributed by atoms with Crippen molar-refractivity contribution in [2.75, 3.05) is 13.1 Å². The molecule has 0 radical (unpaired) electrons. The van der Waals surface area contributed by atoms with Crippen molar-refractivity contribution < 1.29 is 4.79 Å². The number of rotatable bonds is 7. The van der Waals surface area contributed by atoms with Gasteiger partial charge in [0.25, 0.3) is 0 Å². The maximum absolute atomic E-state index is 12.7. The summed E-state index contributed by atoms with van der Waals surface area (Å²) < 4.78 is 2.15. The predicted molar refractivity (Wildman–Crippen MR) is 88.9 cm³/mol. The van der Waals surface area contributed by atoms with E-state index in [0.717, 1.165) is 42.8 Å². The van der Waals surface area contributed by atoms with E-state index in [-0.39, 0.29) is 5.91 Å². The quantitative estimate of drug-likeness (QED) is 0.784. The van der Waals surface area contributed by atoms with E-state index in [1.165, 1.54) is 12.8 Å². The Labute approximate surface area is 132 Å². The lowest BCUT2D eigenvalue weighted by Gasteiger charge is -2.22. The van der Waals surface area contributed by atoms with Crippen LogP contribution in [-0.2, 0) is 11.3 Å². The van der Waals surface area contributed by atoms with Crippen LogP contribution in [0.15, 0.2) is 24.3 Å². The van der Waals surface area contributed by atoms with E-state index < -0.39 is 0 Å². The zero-order valence-corrected chi connectivity index (χ0v) is 13.6. The van der Waals surface area contributed by atoms with E-state index in [9.17, 15) is 4.79 Å². The number of para-hydroxylation sites is 2. The first-order valence-corrected chi connectivity index (χ1v) is 8.47. The molecule has 3 rings (SSSR count). The highest BCUT2D eigenvalue weighted by Gasteiger charge is 2.30. The second-order valence-corrected chi connectivity index (χ2v) is 6.20. The molecule has 22 heavy (non-hydrogen) atoms. The minimum Gasteiger partial charge on any atom is -0.341 e. The van der Waals surface area contributed by atoms with Crippen molar-refractivity contribution in [1.29, 1.82) is 0 Å². The van der Waals surface area contributed by atoms with Crippen molar-refractivity contribution in [2.24, 2.45) is 0 Å². The van der Waals surface area contributed by atoms with Crippen LogP contribution in [0.3, 0.4) is 0 Å². The number of hydrogen-bond acceptors (Lipinski definition) is 2. The highest BCUT2D eigenvalue weighted by molar-refractivity contribution is 5.81. The van der Waals surface area contributed by atoms with Gasteiger partial charge in [-0.05, 0) is 37.8 Å². The van der Waals surface area contributed by atoms with Gasteiger partial charge in [-0.2, -0.15) is 0 Å². The molecule has 1 aromatic heterocycles. The van der Waals surface area contributed by atoms with Gasteiger partial charge in [0.1, 0.15) is 12.4 Å². The van der Waals surface area contributed by atoms with Crippen molar-refractivity contribution in [1.82, 2.24) is 14.5 Å². The van der Waals surface area contributed by atoms with E-state index in [1.54, 1.807) is 0 Å². The Morgan fingerprint density at radius 2 is 1.91 bits per heavy atom. The van der Waals surface area contributed by atoms with Crippen LogP contribution in [0, 0.1) is 0 Å². The lowest BCUT2D eigenvalue weighted by Crippen LogP contribution is -2.35. The molecule has 0 aliphatic heterocycles. The number of benzene rings is 1. The Morgan fingerprint density at radius 3 is 2.55 bits per heavy atom. The summed E-state index contributed by atoms with van der Waals surface area (Å²) in [6, 6.07) is 8.15. The molecule has 1 heterocycles. The zero-order valence-electron chi connectivity index (χ0n) is 13.6. The van der Waals surface area contributed by atoms with Gasteiger partial charge in [0.05, 0.1) is 11.0 Å². The van der Waals surface area contributed by atoms with Crippen molar-refractivity contribution in [3.05, 3.63) is 30.1 Å². The topological polar surface area (TPSA) is 38.1 Å². The standard InChI is InChI=1S/C18H25N3O/c1-3-11-20(12-4-2)17(22)13-21-16-8-6-5-7-15(16)19-18(21)14-9-10-14/h5-8,14H,3-4,9-13H2,1-2H3. The predicted octanol–water partition coefficient (Wildman–Crippen LogP) is 3.56. The van der Waals surface area contributed by atoms with Crippen LogP contribution in [0.2, 0.25) is 0 Å². The molecular formula is C18H25N3O. The van der Waals surface area contributed by atoms with Crippen LogP contribution >= 0.6 is 0 Å². The van der Waals surface area contributed by atoms with Gasteiger partial charge in [0, 0.05) is 19.0 Å². The normalized spacial score (nSPS) is 14.5. The summed E-state index contributed by atoms with van der Waals surface area (Å²) >= 11 is 0. The van der Waals surface area contributed by atoms with E-state index in [4.69, 9.17) is 4.98 Å². The average molecular weight is 299 g/mol. The van der Waals surface area contributed by atoms with Crippen molar-refractivity contribution in [3.8, 4) is 0 Å². The summed E-state index contributed by atoms with van der Waals surface area (Å²) in [5, 5.41) is 0. The Morgan fingerprint density at radius 1 is 1.23 bits per heavy atom. The van der Waals surface area contributed by atoms with E-state index in [1.807, 2.05) is 23.1 Å². The fourth-order valence-corrected chi connectivity index (χ4v) is 3.05. The first-order chi connectivity index (χ1) is 10.7. The summed E-state index contributed by atoms with van der Waals surface area (Å²) in [6.45, 7) is 6.36. The van der Waals surface area contributed by atoms with Crippen LogP contribution in [0.5, 0.6) is 0 Å². The van der Waals surface area contributed by atoms with Crippen LogP contribution in [-0.4, -0.2) is 33.4 Å². The van der Waals surface area contributed by atoms with Gasteiger partial charge in [-0.3, -0.25) is 4.79 Å². The first-order valence-electron chi connectivity index (χ1n) is 8.47. The van der Waals surface area contributed by atoms with E-state index in [2.05, 4.69) is 24.5 Å². The van der Waals surface area contributed by atoms with Crippen molar-refractivity contribution in [2.45, 2.75) is 52.0 Å². The molecule has 1 aromatic carbocycles. The molecule has 1 amide bonds. The molecule has 0 bridgehead atoms. The third-order valence-corrected chi connectivity index (χ3v) is 4.26. The number of fused-ring (bicyclic) bond motifs is 1. The molecule has 1 aliphatic carbocycles. The van der Waals surface area contributed by atoms with E-state index in [0.29, 0.717) is 12.5 Å². The zero-order chi connectivity index (χ0) is 15.5. The van der Waals surface area contributed by atoms with Crippen LogP contribution in [0.1, 0.15) is 51.3 Å². The molecular weight excluding hydrogens is 274 g/mol. The molecule has 118 valence electrons. The highest BCUT2D eigenvalue weighted by Crippen LogP contribution is 2.40. The van der Waals surface area contributed by atoms with Crippen molar-refractivity contribution in [3.63, 3.8) is 0 Å². The van der Waals surface area contributed by atoms with Gasteiger partial charge in [-0.15, -0.1) is 0 Å². The average Bonchev–Trinajstić information content (AvgIpc) is 3.30. The fourth-order valence-electron chi connectivity index (χ4n) is 3.05. The maximum Gasteiger partial charge on any atom is 0.242 e. The Balaban J connectivity index is 1.88. The number of nitrogens with zero attached hydrogens (tertiary/aromatic N) is 3. The minimum absolute atomic E-state index is 0.216. The number of aromatic nitrogens is 2. The number of hydrogen-bond donors (Lipinski definition) is 0. The molecule has 0 spiro atoms. The smallest absolute Gasteiger partial charge is 0.242 e. The Hall–Kier alpha value is -1.84. The van der Waals surface area contributed by atoms with Gasteiger partial charge < -0.3 is 9.47 Å². The third kappa shape index (κ3) is 3.01. The third-order valence-electron chi connectivity index (χ3n) is 4.26. The molecule has 4 heteroatoms. The molecule has 1 fully saturated rings. The summed E-state index contributed by atoms with van der Waals surface area (Å²) in [5.74, 6) is 1.86. The number of amides is 1. The fraction of sp³-hybridized carbons (Fsp3) is 0.556. The van der Waals surface area contributed by atoms with Crippen LogP contribution in [0.25, 0.3) is 11.0 Å². The lowest BCUT2D eigenvalue weighted by molar-refractivity contribution is -0.131. The molecule has 4 nitrogen and oxygen atoms in total. The Kier molecular flexibility index (Phi) is 4.46. The molecule has 1 aliphatic rings. The van der Waals surface area contributed by atoms with Gasteiger partial charge in [0.15, 0.2) is 0 Å². The van der Waals surface area contributed by atoms with Gasteiger partial charge >= 0.3 is 0 Å². The molecule has 0 saturated heterocycles. The summed E-state index contributed by atoms with van der Waals surface area (Å²) in [6.07, 6.45) is 4.41. The highest BCUT2D eigenvalue weighted by atomic mass is 16.2. The molecule has 0 atom stereocenters. The summed E-state index contributed by atoms with van der Waals surface area (Å²) in [7, 11) is 0. The summed E-state index contributed by atoms with van der Waals surface area (Å²) in [4.78, 5) is 19.5. The maximum atomic E-state index is 12.7. The van der Waals surface area contributed by atoms with E-state index >= 15 is 0 Å². The first kappa shape index (κ1) is 15.1. The molecule has 0 N–H and O–H groups in total. The van der Waals surface area contributed by atoms with Gasteiger partial charge in [-0.1, -0.05) is 26.0 Å². The van der Waals surface area contributed by atoms with Crippen molar-refractivity contribution >= 4 is 16.9 Å². The van der Waals surface area contributed by atoms with Crippen LogP contribution < -0.4 is 0 Å². The second kappa shape index (κ2) is 6.51.